The molecule has 0 aliphatic carbocycles. The monoisotopic (exact) mass is 334 g/mol. The lowest BCUT2D eigenvalue weighted by molar-refractivity contribution is -0.137. The average molecular weight is 334 g/mol. The largest absolute Gasteiger partial charge is 0.416 e. The van der Waals surface area contributed by atoms with Crippen molar-refractivity contribution < 1.29 is 33.2 Å². The quantitative estimate of drug-likeness (QED) is 0.662. The molecule has 0 fully saturated rings. The Balaban J connectivity index is 2.29. The number of hydrogen-bond donors (Lipinski definition) is 4. The van der Waals surface area contributed by atoms with Crippen LogP contribution < -0.4 is 0 Å². The fourth-order valence-electron chi connectivity index (χ4n) is 2.11. The molecule has 4 atom stereocenters. The molecule has 0 aliphatic heterocycles. The van der Waals surface area contributed by atoms with Gasteiger partial charge in [-0.3, -0.25) is 0 Å². The number of methoxy groups -OCH3 is 1. The van der Waals surface area contributed by atoms with Gasteiger partial charge >= 0.3 is 6.18 Å². The smallest absolute Gasteiger partial charge is 0.388 e. The highest BCUT2D eigenvalue weighted by molar-refractivity contribution is 5.76. The van der Waals surface area contributed by atoms with Gasteiger partial charge in [-0.1, -0.05) is 0 Å². The topological polar surface area (TPSA) is 98.6 Å². The van der Waals surface area contributed by atoms with Crippen LogP contribution in [0.15, 0.2) is 18.2 Å². The number of hydrogen-bond acceptors (Lipinski definition) is 5. The Morgan fingerprint density at radius 3 is 2.39 bits per heavy atom. The molecule has 0 saturated heterocycles. The molecule has 2 rings (SSSR count). The van der Waals surface area contributed by atoms with Gasteiger partial charge in [0.15, 0.2) is 0 Å². The summed E-state index contributed by atoms with van der Waals surface area (Å²) in [6, 6.07) is 2.90. The second-order valence-electron chi connectivity index (χ2n) is 5.22. The van der Waals surface area contributed by atoms with Crippen molar-refractivity contribution in [3.05, 3.63) is 29.6 Å². The molecule has 0 bridgehead atoms. The summed E-state index contributed by atoms with van der Waals surface area (Å²) >= 11 is 0. The third-order valence-electron chi connectivity index (χ3n) is 3.63. The number of aliphatic hydroxyl groups excluding tert-OH is 3. The summed E-state index contributed by atoms with van der Waals surface area (Å²) in [5, 5.41) is 29.8. The lowest BCUT2D eigenvalue weighted by Gasteiger charge is -2.25. The number of ether oxygens (including phenoxy) is 1. The highest BCUT2D eigenvalue weighted by Crippen LogP contribution is 2.31. The maximum absolute atomic E-state index is 12.7. The van der Waals surface area contributed by atoms with Gasteiger partial charge in [-0.25, -0.2) is 4.98 Å². The maximum Gasteiger partial charge on any atom is 0.416 e. The molecule has 0 radical (unpaired) electrons. The first kappa shape index (κ1) is 17.7. The molecule has 3 unspecified atom stereocenters. The molecule has 0 amide bonds. The number of halogens is 3. The van der Waals surface area contributed by atoms with Crippen LogP contribution in [0.2, 0.25) is 0 Å². The highest BCUT2D eigenvalue weighted by Gasteiger charge is 2.33. The van der Waals surface area contributed by atoms with E-state index < -0.39 is 36.2 Å². The van der Waals surface area contributed by atoms with Gasteiger partial charge in [0.25, 0.3) is 0 Å². The summed E-state index contributed by atoms with van der Waals surface area (Å²) in [6.07, 6.45) is -9.87. The molecule has 128 valence electrons. The van der Waals surface area contributed by atoms with E-state index >= 15 is 0 Å². The number of nitrogens with one attached hydrogen (secondary N) is 1. The molecular weight excluding hydrogens is 317 g/mol. The third-order valence-corrected chi connectivity index (χ3v) is 3.63. The van der Waals surface area contributed by atoms with Crippen LogP contribution in [0.3, 0.4) is 0 Å². The van der Waals surface area contributed by atoms with E-state index in [4.69, 9.17) is 4.74 Å². The first-order valence-electron chi connectivity index (χ1n) is 6.79. The van der Waals surface area contributed by atoms with Gasteiger partial charge in [-0.15, -0.1) is 0 Å². The van der Waals surface area contributed by atoms with E-state index in [0.717, 1.165) is 12.1 Å². The number of aromatic amines is 1. The van der Waals surface area contributed by atoms with Gasteiger partial charge in [-0.2, -0.15) is 13.2 Å². The molecule has 1 aromatic carbocycles. The van der Waals surface area contributed by atoms with Crippen molar-refractivity contribution in [1.29, 1.82) is 0 Å². The Morgan fingerprint density at radius 2 is 1.83 bits per heavy atom. The molecule has 0 saturated carbocycles. The molecule has 4 N–H and O–H groups in total. The van der Waals surface area contributed by atoms with E-state index in [1.807, 2.05) is 0 Å². The standard InChI is InChI=1S/C14H17F3N2O4/c1-6(23-2)10(20)11(21)12(22)13-18-8-4-3-7(14(15,16)17)5-9(8)19-13/h3-6,10-12,20-22H,1-2H3,(H,18,19)/t6?,10-,11?,12?/m1/s1. The minimum Gasteiger partial charge on any atom is -0.388 e. The Labute approximate surface area is 129 Å². The molecule has 1 heterocycles. The molecular formula is C14H17F3N2O4. The Bertz CT molecular complexity index is 674. The van der Waals surface area contributed by atoms with E-state index in [9.17, 15) is 28.5 Å². The van der Waals surface area contributed by atoms with Crippen LogP contribution in [0.4, 0.5) is 13.2 Å². The summed E-state index contributed by atoms with van der Waals surface area (Å²) in [4.78, 5) is 6.48. The van der Waals surface area contributed by atoms with E-state index in [1.165, 1.54) is 20.1 Å². The first-order chi connectivity index (χ1) is 10.6. The van der Waals surface area contributed by atoms with E-state index in [0.29, 0.717) is 0 Å². The van der Waals surface area contributed by atoms with Crippen LogP contribution in [0.5, 0.6) is 0 Å². The Kier molecular flexibility index (Phi) is 4.95. The summed E-state index contributed by atoms with van der Waals surface area (Å²) in [6.45, 7) is 1.49. The van der Waals surface area contributed by atoms with Gasteiger partial charge in [0.1, 0.15) is 24.1 Å². The first-order valence-corrected chi connectivity index (χ1v) is 6.79. The number of benzene rings is 1. The fourth-order valence-corrected chi connectivity index (χ4v) is 2.11. The number of imidazole rings is 1. The van der Waals surface area contributed by atoms with Crippen molar-refractivity contribution >= 4 is 11.0 Å². The van der Waals surface area contributed by atoms with Crippen LogP contribution in [0.1, 0.15) is 24.4 Å². The molecule has 9 heteroatoms. The molecule has 6 nitrogen and oxygen atoms in total. The Hall–Kier alpha value is -1.68. The lowest BCUT2D eigenvalue weighted by Crippen LogP contribution is -2.40. The molecule has 0 spiro atoms. The average Bonchev–Trinajstić information content (AvgIpc) is 2.94. The van der Waals surface area contributed by atoms with Crippen LogP contribution in [0, 0.1) is 0 Å². The summed E-state index contributed by atoms with van der Waals surface area (Å²) in [5.74, 6) is -0.144. The third kappa shape index (κ3) is 3.63. The fraction of sp³-hybridized carbons (Fsp3) is 0.500. The minimum atomic E-state index is -4.50. The number of fused-ring (bicyclic) bond motifs is 1. The number of aliphatic hydroxyl groups is 3. The van der Waals surface area contributed by atoms with Gasteiger partial charge < -0.3 is 25.0 Å². The van der Waals surface area contributed by atoms with Gasteiger partial charge in [0.2, 0.25) is 0 Å². The van der Waals surface area contributed by atoms with Crippen molar-refractivity contribution in [3.8, 4) is 0 Å². The van der Waals surface area contributed by atoms with Crippen molar-refractivity contribution in [2.45, 2.75) is 37.5 Å². The number of H-pyrrole nitrogens is 1. The normalized spacial score (nSPS) is 17.9. The van der Waals surface area contributed by atoms with Crippen LogP contribution in [-0.4, -0.2) is 50.7 Å². The SMILES string of the molecule is COC(C)[C@@H](O)C(O)C(O)c1nc2cc(C(F)(F)F)ccc2[nH]1. The maximum atomic E-state index is 12.7. The van der Waals surface area contributed by atoms with Crippen LogP contribution in [-0.2, 0) is 10.9 Å². The zero-order chi connectivity index (χ0) is 17.4. The zero-order valence-corrected chi connectivity index (χ0v) is 12.4. The van der Waals surface area contributed by atoms with Crippen LogP contribution >= 0.6 is 0 Å². The molecule has 23 heavy (non-hydrogen) atoms. The number of nitrogens with zero attached hydrogens (tertiary/aromatic N) is 1. The van der Waals surface area contributed by atoms with E-state index in [2.05, 4.69) is 9.97 Å². The van der Waals surface area contributed by atoms with Crippen molar-refractivity contribution in [2.24, 2.45) is 0 Å². The molecule has 1 aromatic heterocycles. The molecule has 0 aliphatic rings. The summed E-state index contributed by atoms with van der Waals surface area (Å²) in [5.41, 5.74) is -0.602. The second-order valence-corrected chi connectivity index (χ2v) is 5.22. The summed E-state index contributed by atoms with van der Waals surface area (Å²) in [7, 11) is 1.33. The summed E-state index contributed by atoms with van der Waals surface area (Å²) < 4.78 is 42.9. The second kappa shape index (κ2) is 6.44. The van der Waals surface area contributed by atoms with Gasteiger partial charge in [0.05, 0.1) is 22.7 Å². The number of aromatic nitrogens is 2. The minimum absolute atomic E-state index is 0.00430. The molecule has 2 aromatic rings. The predicted octanol–water partition coefficient (Wildman–Crippen LogP) is 1.37. The Morgan fingerprint density at radius 1 is 1.17 bits per heavy atom. The van der Waals surface area contributed by atoms with E-state index in [-0.39, 0.29) is 16.9 Å². The number of alkyl halides is 3. The lowest BCUT2D eigenvalue weighted by atomic mass is 10.0. The van der Waals surface area contributed by atoms with Crippen molar-refractivity contribution in [2.75, 3.05) is 7.11 Å². The van der Waals surface area contributed by atoms with Crippen molar-refractivity contribution in [3.63, 3.8) is 0 Å². The van der Waals surface area contributed by atoms with Gasteiger partial charge in [-0.05, 0) is 25.1 Å². The predicted molar refractivity (Wildman–Crippen MR) is 74.5 cm³/mol. The zero-order valence-electron chi connectivity index (χ0n) is 12.4. The number of rotatable bonds is 5. The van der Waals surface area contributed by atoms with E-state index in [1.54, 1.807) is 0 Å². The highest BCUT2D eigenvalue weighted by atomic mass is 19.4. The van der Waals surface area contributed by atoms with Gasteiger partial charge in [0, 0.05) is 7.11 Å². The van der Waals surface area contributed by atoms with Crippen LogP contribution in [0.25, 0.3) is 11.0 Å². The van der Waals surface area contributed by atoms with Crippen molar-refractivity contribution in [1.82, 2.24) is 9.97 Å².